The minimum Gasteiger partial charge on any atom is -0.378 e. The predicted octanol–water partition coefficient (Wildman–Crippen LogP) is 29.6. The zero-order chi connectivity index (χ0) is 93.2. The number of aromatic nitrogens is 6. The Morgan fingerprint density at radius 2 is 0.524 bits per heavy atom. The van der Waals surface area contributed by atoms with Gasteiger partial charge in [-0.3, -0.25) is 9.97 Å². The van der Waals surface area contributed by atoms with E-state index in [-0.39, 0.29) is 25.6 Å². The van der Waals surface area contributed by atoms with Gasteiger partial charge in [0.1, 0.15) is 23.3 Å². The molecule has 15 rings (SSSR count). The van der Waals surface area contributed by atoms with Crippen molar-refractivity contribution in [2.75, 3.05) is 39.6 Å². The lowest BCUT2D eigenvalue weighted by atomic mass is 9.84. The van der Waals surface area contributed by atoms with E-state index in [1.807, 2.05) is 145 Å². The van der Waals surface area contributed by atoms with Gasteiger partial charge < -0.3 is 28.4 Å². The van der Waals surface area contributed by atoms with Crippen LogP contribution < -0.4 is 0 Å². The molecule has 8 heterocycles. The van der Waals surface area contributed by atoms with Crippen molar-refractivity contribution in [1.82, 2.24) is 29.9 Å². The number of nitrogens with zero attached hydrogens (tertiary/aromatic N) is 6. The lowest BCUT2D eigenvalue weighted by Crippen LogP contribution is -2.27. The third-order valence-corrected chi connectivity index (χ3v) is 21.3. The van der Waals surface area contributed by atoms with Gasteiger partial charge in [0.05, 0.1) is 38.6 Å². The first kappa shape index (κ1) is 114. The molecule has 0 radical (unpaired) electrons. The first-order chi connectivity index (χ1) is 58.5. The van der Waals surface area contributed by atoms with Crippen LogP contribution in [0.3, 0.4) is 0 Å². The molecule has 16 heteroatoms. The molecule has 0 bridgehead atoms. The number of benzene rings is 4. The van der Waals surface area contributed by atoms with Gasteiger partial charge in [0, 0.05) is 75.0 Å². The summed E-state index contributed by atoms with van der Waals surface area (Å²) in [4.78, 5) is 24.0. The van der Waals surface area contributed by atoms with Crippen LogP contribution in [0, 0.1) is 181 Å². The van der Waals surface area contributed by atoms with Gasteiger partial charge in [0.25, 0.3) is 0 Å². The maximum absolute atomic E-state index is 12.6. The number of ether oxygens (including phenoxy) is 6. The van der Waals surface area contributed by atoms with Crippen LogP contribution >= 0.6 is 0 Å². The molecule has 12 nitrogen and oxygen atoms in total. The molecule has 5 fully saturated rings. The second-order valence-corrected chi connectivity index (χ2v) is 36.1. The van der Waals surface area contributed by atoms with Gasteiger partial charge in [0.15, 0.2) is 24.2 Å². The lowest BCUT2D eigenvalue weighted by Gasteiger charge is -2.24. The van der Waals surface area contributed by atoms with Crippen LogP contribution in [-0.4, -0.2) is 94.3 Å². The van der Waals surface area contributed by atoms with Gasteiger partial charge in [0.2, 0.25) is 0 Å². The Bertz CT molecular complexity index is 3450. The molecule has 4 aromatic carbocycles. The molecule has 6 unspecified atom stereocenters. The lowest BCUT2D eigenvalue weighted by molar-refractivity contribution is -0.187. The number of hydrogen-bond donors (Lipinski definition) is 0. The quantitative estimate of drug-likeness (QED) is 0.106. The van der Waals surface area contributed by atoms with Crippen molar-refractivity contribution in [3.05, 3.63) is 271 Å². The van der Waals surface area contributed by atoms with Crippen LogP contribution in [0.4, 0.5) is 17.6 Å². The molecular weight excluding hydrogens is 1550 g/mol. The molecule has 4 saturated heterocycles. The number of rotatable bonds is 0. The van der Waals surface area contributed by atoms with Crippen molar-refractivity contribution in [2.24, 2.45) is 47.3 Å². The van der Waals surface area contributed by atoms with Crippen LogP contribution in [0.5, 0.6) is 0 Å². The van der Waals surface area contributed by atoms with Crippen molar-refractivity contribution in [1.29, 1.82) is 0 Å². The topological polar surface area (TPSA) is 133 Å². The Balaban J connectivity index is 0.00000132. The van der Waals surface area contributed by atoms with Crippen LogP contribution in [0.15, 0.2) is 158 Å². The fourth-order valence-corrected chi connectivity index (χ4v) is 11.8. The second kappa shape index (κ2) is 66.7. The number of pyridine rings is 2. The van der Waals surface area contributed by atoms with E-state index < -0.39 is 11.6 Å². The Morgan fingerprint density at radius 3 is 0.734 bits per heavy atom. The summed E-state index contributed by atoms with van der Waals surface area (Å²) in [6.45, 7) is 66.3. The molecule has 8 aromatic rings. The molecule has 1 saturated carbocycles. The van der Waals surface area contributed by atoms with Crippen molar-refractivity contribution >= 4 is 0 Å². The minimum atomic E-state index is -0.736. The molecule has 3 aliphatic carbocycles. The summed E-state index contributed by atoms with van der Waals surface area (Å²) in [5.74, 6) is 6.63. The van der Waals surface area contributed by atoms with Crippen LogP contribution in [0.2, 0.25) is 0 Å². The maximum atomic E-state index is 12.6. The highest BCUT2D eigenvalue weighted by atomic mass is 19.2. The molecule has 6 atom stereocenters. The second-order valence-electron chi connectivity index (χ2n) is 36.1. The third kappa shape index (κ3) is 60.8. The summed E-state index contributed by atoms with van der Waals surface area (Å²) in [5, 5.41) is 0. The smallest absolute Gasteiger partial charge is 0.161 e. The van der Waals surface area contributed by atoms with Gasteiger partial charge in [-0.25, -0.2) is 37.5 Å². The van der Waals surface area contributed by atoms with E-state index in [1.165, 1.54) is 138 Å². The first-order valence-electron chi connectivity index (χ1n) is 45.7. The number of aryl methyl sites for hydroxylation is 16. The van der Waals surface area contributed by atoms with E-state index in [1.54, 1.807) is 49.3 Å². The Hall–Kier alpha value is -7.70. The molecule has 4 aromatic heterocycles. The van der Waals surface area contributed by atoms with Gasteiger partial charge in [-0.05, 0) is 332 Å². The molecule has 7 aliphatic rings. The first-order valence-corrected chi connectivity index (χ1v) is 45.7. The van der Waals surface area contributed by atoms with Crippen LogP contribution in [0.25, 0.3) is 0 Å². The van der Waals surface area contributed by atoms with Crippen molar-refractivity contribution < 1.29 is 47.4 Å². The SMILES string of the molecule is CC1=CCC(C)CC1.CC1=CCC(C)CC1.CC1CCC(C)CC1.CC1CCC(C)OC1.CC1CCC(C)OC1.CC1COC(C)OC1.CC1COC(C)OC1.Cc1ccc(C)c(F)c1.Cc1ccc(C)c(F)c1.Cc1ccc(C)c(F)c1F.Cc1ccc(C)cc1.Cc1ccc(C)nc1.Cc1ccc(C)nc1.Cc1cnc(C)nc1.Cc1cnc(C)nc1.[HH]. The van der Waals surface area contributed by atoms with Crippen molar-refractivity contribution in [3.63, 3.8) is 0 Å². The fourth-order valence-electron chi connectivity index (χ4n) is 11.8. The van der Waals surface area contributed by atoms with E-state index in [2.05, 4.69) is 175 Å². The van der Waals surface area contributed by atoms with E-state index in [9.17, 15) is 17.6 Å². The molecule has 694 valence electrons. The van der Waals surface area contributed by atoms with E-state index in [0.717, 1.165) is 120 Å². The number of halogens is 4. The molecule has 4 aliphatic heterocycles. The molecular formula is C108H168F4N6O6. The van der Waals surface area contributed by atoms with Crippen molar-refractivity contribution in [2.45, 2.75) is 322 Å². The van der Waals surface area contributed by atoms with Crippen molar-refractivity contribution in [3.8, 4) is 0 Å². The highest BCUT2D eigenvalue weighted by Crippen LogP contribution is 2.28. The highest BCUT2D eigenvalue weighted by molar-refractivity contribution is 5.25. The van der Waals surface area contributed by atoms with E-state index in [4.69, 9.17) is 28.4 Å². The molecule has 0 spiro atoms. The largest absolute Gasteiger partial charge is 0.378 e. The predicted molar refractivity (Wildman–Crippen MR) is 515 cm³/mol. The summed E-state index contributed by atoms with van der Waals surface area (Å²) in [6.07, 6.45) is 36.0. The zero-order valence-electron chi connectivity index (χ0n) is 82.6. The normalized spacial score (nSPS) is 21.9. The summed E-state index contributed by atoms with van der Waals surface area (Å²) in [5.41, 5.74) is 16.7. The van der Waals surface area contributed by atoms with Gasteiger partial charge in [-0.2, -0.15) is 0 Å². The Labute approximate surface area is 753 Å². The third-order valence-electron chi connectivity index (χ3n) is 21.3. The number of hydrogen-bond acceptors (Lipinski definition) is 12. The number of allylic oxidation sites excluding steroid dienone is 4. The van der Waals surface area contributed by atoms with Crippen LogP contribution in [-0.2, 0) is 28.4 Å². The minimum absolute atomic E-state index is 0. The summed E-state index contributed by atoms with van der Waals surface area (Å²) in [6, 6.07) is 30.2. The summed E-state index contributed by atoms with van der Waals surface area (Å²) in [7, 11) is 0. The zero-order valence-corrected chi connectivity index (χ0v) is 82.6. The standard InChI is InChI=1S/C8H8F2.2C8H9F.C8H16.2C8H14.C8H10.2C7H9N.2C7H14O.2C6H8N2.2C6H12O2.H2/c1-5-3-4-6(2)8(10)7(5)9;2*1-6-3-4-7(2)8(9)5-6;4*1-7-3-5-8(2)6-4-7;4*1-6-3-4-7(2)8-5-6;4*1-5-3-7-6(2)8-4-5;/h3-4H,1-2H3;2*3-5H,1-2H3;7-8H,3-6H2,1-2H3;2*3,8H,4-6H2,1-2H3;3-6H,1-2H3;2*3-5H,1-2H3;2*6-7H,3-5H2,1-2H3;2*3-4H,1-2H3;2*5-6H,3-4H2,1-2H3;1H. The van der Waals surface area contributed by atoms with Gasteiger partial charge in [-0.1, -0.05) is 188 Å². The Kier molecular flexibility index (Phi) is 61.5. The van der Waals surface area contributed by atoms with Crippen LogP contribution in [0.1, 0.15) is 278 Å². The molecule has 0 amide bonds. The van der Waals surface area contributed by atoms with Gasteiger partial charge in [-0.15, -0.1) is 0 Å². The highest BCUT2D eigenvalue weighted by Gasteiger charge is 2.18. The van der Waals surface area contributed by atoms with E-state index >= 15 is 0 Å². The summed E-state index contributed by atoms with van der Waals surface area (Å²) >= 11 is 0. The molecule has 0 N–H and O–H groups in total. The maximum Gasteiger partial charge on any atom is 0.161 e. The summed E-state index contributed by atoms with van der Waals surface area (Å²) < 4.78 is 81.8. The monoisotopic (exact) mass is 1720 g/mol. The van der Waals surface area contributed by atoms with E-state index in [0.29, 0.717) is 46.3 Å². The fraction of sp³-hybridized carbons (Fsp3) is 0.574. The molecule has 124 heavy (non-hydrogen) atoms. The van der Waals surface area contributed by atoms with Gasteiger partial charge >= 0.3 is 0 Å². The average Bonchev–Trinajstić information content (AvgIpc) is 0.862. The average molecular weight is 1720 g/mol. The Morgan fingerprint density at radius 1 is 0.258 bits per heavy atom.